The standard InChI is InChI=1S/C53H32N4O2/c1-2-14-31(15-3-1)51-54-52(56-53(55-51)40-24-12-22-38-36-20-9-11-26-46(36)58-49(38)40)39-23-13-27-47-48(39)42-30-45(34-18-6-7-21-37(34)50(42)59-47)57-43-25-10-8-19-35(43)41-28-32-16-4-5-17-33(32)29-44(41)57/h1-30,36,46H. The van der Waals surface area contributed by atoms with Gasteiger partial charge in [-0.2, -0.15) is 0 Å². The molecule has 0 fully saturated rings. The molecule has 0 radical (unpaired) electrons. The zero-order chi connectivity index (χ0) is 38.6. The molecule has 0 saturated heterocycles. The third-order valence-corrected chi connectivity index (χ3v) is 12.2. The van der Waals surface area contributed by atoms with Crippen molar-refractivity contribution in [1.29, 1.82) is 0 Å². The molecule has 0 saturated carbocycles. The summed E-state index contributed by atoms with van der Waals surface area (Å²) in [6.45, 7) is 0. The molecule has 3 aromatic heterocycles. The Kier molecular flexibility index (Phi) is 6.75. The summed E-state index contributed by atoms with van der Waals surface area (Å²) < 4.78 is 15.9. The van der Waals surface area contributed by atoms with Crippen LogP contribution in [0.2, 0.25) is 0 Å². The van der Waals surface area contributed by atoms with Gasteiger partial charge in [0.1, 0.15) is 23.0 Å². The molecule has 6 heteroatoms. The molecule has 0 N–H and O–H groups in total. The Balaban J connectivity index is 1.09. The Morgan fingerprint density at radius 3 is 2.07 bits per heavy atom. The first-order valence-corrected chi connectivity index (χ1v) is 20.0. The van der Waals surface area contributed by atoms with Gasteiger partial charge in [-0.15, -0.1) is 0 Å². The average Bonchev–Trinajstić information content (AvgIpc) is 3.98. The molecule has 0 spiro atoms. The van der Waals surface area contributed by atoms with Crippen molar-refractivity contribution in [2.24, 2.45) is 0 Å². The predicted octanol–water partition coefficient (Wildman–Crippen LogP) is 13.1. The van der Waals surface area contributed by atoms with E-state index in [1.54, 1.807) is 0 Å². The van der Waals surface area contributed by atoms with E-state index >= 15 is 0 Å². The van der Waals surface area contributed by atoms with Crippen molar-refractivity contribution in [2.75, 3.05) is 0 Å². The van der Waals surface area contributed by atoms with Crippen LogP contribution in [0.3, 0.4) is 0 Å². The number of benzene rings is 8. The Bertz CT molecular complexity index is 3620. The van der Waals surface area contributed by atoms with Crippen molar-refractivity contribution in [3.05, 3.63) is 188 Å². The van der Waals surface area contributed by atoms with Gasteiger partial charge in [-0.1, -0.05) is 140 Å². The van der Waals surface area contributed by atoms with E-state index in [-0.39, 0.29) is 12.0 Å². The van der Waals surface area contributed by atoms with Crippen LogP contribution in [-0.4, -0.2) is 25.6 Å². The molecule has 11 aromatic rings. The molecular weight excluding hydrogens is 725 g/mol. The van der Waals surface area contributed by atoms with Gasteiger partial charge >= 0.3 is 0 Å². The monoisotopic (exact) mass is 756 g/mol. The number of fused-ring (bicyclic) bond motifs is 12. The molecule has 0 bridgehead atoms. The maximum absolute atomic E-state index is 6.86. The SMILES string of the molecule is C1=CC2Oc3c(-c4nc(-c5ccccc5)nc(-c5cccc6oc7c8ccccc8c(-n8c9ccccc9c9cc%10ccccc%10cc98)cc7c56)n4)cccc3C2C=C1. The van der Waals surface area contributed by atoms with Gasteiger partial charge in [0.05, 0.1) is 22.3 Å². The first-order chi connectivity index (χ1) is 29.2. The second-order valence-electron chi connectivity index (χ2n) is 15.4. The minimum absolute atomic E-state index is 0.0608. The maximum atomic E-state index is 6.86. The van der Waals surface area contributed by atoms with Crippen LogP contribution in [0.4, 0.5) is 0 Å². The Morgan fingerprint density at radius 1 is 0.492 bits per heavy atom. The van der Waals surface area contributed by atoms with Crippen molar-refractivity contribution in [2.45, 2.75) is 12.0 Å². The number of allylic oxidation sites excluding steroid dienone is 2. The zero-order valence-electron chi connectivity index (χ0n) is 31.6. The highest BCUT2D eigenvalue weighted by atomic mass is 16.5. The van der Waals surface area contributed by atoms with E-state index in [1.165, 1.54) is 21.5 Å². The quantitative estimate of drug-likeness (QED) is 0.179. The minimum atomic E-state index is -0.0608. The highest BCUT2D eigenvalue weighted by Crippen LogP contribution is 2.47. The normalized spacial score (nSPS) is 15.8. The van der Waals surface area contributed by atoms with Gasteiger partial charge in [0.2, 0.25) is 0 Å². The number of hydrogen-bond acceptors (Lipinski definition) is 5. The molecule has 8 aromatic carbocycles. The van der Waals surface area contributed by atoms with Crippen LogP contribution < -0.4 is 4.74 Å². The van der Waals surface area contributed by atoms with Gasteiger partial charge in [0, 0.05) is 54.9 Å². The number of para-hydroxylation sites is 2. The van der Waals surface area contributed by atoms with Crippen LogP contribution in [0.15, 0.2) is 186 Å². The third-order valence-electron chi connectivity index (χ3n) is 12.2. The first-order valence-electron chi connectivity index (χ1n) is 20.0. The van der Waals surface area contributed by atoms with Gasteiger partial charge < -0.3 is 13.7 Å². The van der Waals surface area contributed by atoms with Crippen LogP contribution >= 0.6 is 0 Å². The number of furan rings is 1. The number of rotatable bonds is 4. The van der Waals surface area contributed by atoms with Crippen molar-refractivity contribution in [1.82, 2.24) is 19.5 Å². The Hall–Kier alpha value is -7.83. The van der Waals surface area contributed by atoms with E-state index in [0.29, 0.717) is 17.5 Å². The summed E-state index contributed by atoms with van der Waals surface area (Å²) in [5.41, 5.74) is 8.72. The highest BCUT2D eigenvalue weighted by molar-refractivity contribution is 6.22. The molecular formula is C53H32N4O2. The fourth-order valence-corrected chi connectivity index (χ4v) is 9.49. The summed E-state index contributed by atoms with van der Waals surface area (Å²) >= 11 is 0. The minimum Gasteiger partial charge on any atom is -0.484 e. The summed E-state index contributed by atoms with van der Waals surface area (Å²) in [6, 6.07) is 55.4. The summed E-state index contributed by atoms with van der Waals surface area (Å²) in [7, 11) is 0. The van der Waals surface area contributed by atoms with E-state index in [1.807, 2.05) is 42.5 Å². The van der Waals surface area contributed by atoms with Gasteiger partial charge in [0.15, 0.2) is 17.5 Å². The first kappa shape index (κ1) is 32.3. The van der Waals surface area contributed by atoms with Crippen LogP contribution in [0, 0.1) is 0 Å². The molecule has 1 aliphatic heterocycles. The Labute approximate surface area is 338 Å². The molecule has 276 valence electrons. The fourth-order valence-electron chi connectivity index (χ4n) is 9.49. The molecule has 1 aliphatic carbocycles. The second-order valence-corrected chi connectivity index (χ2v) is 15.4. The fraction of sp³-hybridized carbons (Fsp3) is 0.0377. The summed E-state index contributed by atoms with van der Waals surface area (Å²) in [4.78, 5) is 15.6. The third kappa shape index (κ3) is 4.77. The van der Waals surface area contributed by atoms with E-state index in [0.717, 1.165) is 77.4 Å². The molecule has 2 atom stereocenters. The zero-order valence-corrected chi connectivity index (χ0v) is 31.6. The van der Waals surface area contributed by atoms with E-state index < -0.39 is 0 Å². The average molecular weight is 757 g/mol. The number of ether oxygens (including phenoxy) is 1. The lowest BCUT2D eigenvalue weighted by atomic mass is 9.91. The van der Waals surface area contributed by atoms with Crippen LogP contribution in [0.1, 0.15) is 11.5 Å². The van der Waals surface area contributed by atoms with Crippen molar-refractivity contribution in [3.8, 4) is 45.6 Å². The van der Waals surface area contributed by atoms with E-state index in [9.17, 15) is 0 Å². The van der Waals surface area contributed by atoms with Gasteiger partial charge in [-0.3, -0.25) is 0 Å². The largest absolute Gasteiger partial charge is 0.484 e. The molecule has 2 aliphatic rings. The highest BCUT2D eigenvalue weighted by Gasteiger charge is 2.34. The van der Waals surface area contributed by atoms with Crippen LogP contribution in [-0.2, 0) is 0 Å². The molecule has 2 unspecified atom stereocenters. The topological polar surface area (TPSA) is 66.0 Å². The van der Waals surface area contributed by atoms with Gasteiger partial charge in [0.25, 0.3) is 0 Å². The summed E-state index contributed by atoms with van der Waals surface area (Å²) in [5, 5.41) is 8.94. The van der Waals surface area contributed by atoms with E-state index in [2.05, 4.69) is 144 Å². The molecule has 13 rings (SSSR count). The van der Waals surface area contributed by atoms with Crippen molar-refractivity contribution in [3.63, 3.8) is 0 Å². The molecule has 6 nitrogen and oxygen atoms in total. The Morgan fingerprint density at radius 2 is 1.19 bits per heavy atom. The number of aromatic nitrogens is 4. The lowest BCUT2D eigenvalue weighted by molar-refractivity contribution is 0.269. The summed E-state index contributed by atoms with van der Waals surface area (Å²) in [6.07, 6.45) is 8.41. The lowest BCUT2D eigenvalue weighted by Gasteiger charge is -2.14. The second kappa shape index (κ2) is 12.3. The van der Waals surface area contributed by atoms with Crippen LogP contribution in [0.25, 0.3) is 105 Å². The van der Waals surface area contributed by atoms with Gasteiger partial charge in [-0.25, -0.2) is 15.0 Å². The molecule has 59 heavy (non-hydrogen) atoms. The smallest absolute Gasteiger partial charge is 0.167 e. The van der Waals surface area contributed by atoms with Gasteiger partial charge in [-0.05, 0) is 53.2 Å². The molecule has 0 amide bonds. The van der Waals surface area contributed by atoms with Crippen LogP contribution in [0.5, 0.6) is 5.75 Å². The number of hydrogen-bond donors (Lipinski definition) is 0. The maximum Gasteiger partial charge on any atom is 0.167 e. The van der Waals surface area contributed by atoms with Crippen molar-refractivity contribution >= 4 is 65.3 Å². The van der Waals surface area contributed by atoms with E-state index in [4.69, 9.17) is 24.1 Å². The number of nitrogens with zero attached hydrogens (tertiary/aromatic N) is 4. The molecule has 4 heterocycles. The summed E-state index contributed by atoms with van der Waals surface area (Å²) in [5.74, 6) is 2.68. The predicted molar refractivity (Wildman–Crippen MR) is 238 cm³/mol. The van der Waals surface area contributed by atoms with Crippen molar-refractivity contribution < 1.29 is 9.15 Å². The lowest BCUT2D eigenvalue weighted by Crippen LogP contribution is -2.15.